The van der Waals surface area contributed by atoms with Crippen molar-refractivity contribution in [2.45, 2.75) is 31.8 Å². The fraction of sp³-hybridized carbons (Fsp3) is 0.400. The number of aromatic nitrogens is 1. The smallest absolute Gasteiger partial charge is 0.123 e. The molecule has 2 aromatic rings. The van der Waals surface area contributed by atoms with Crippen LogP contribution in [0, 0.1) is 0 Å². The van der Waals surface area contributed by atoms with Crippen molar-refractivity contribution in [3.8, 4) is 16.3 Å². The topological polar surface area (TPSA) is 34.2 Å². The molecule has 4 heteroatoms. The second-order valence-corrected chi connectivity index (χ2v) is 6.32. The van der Waals surface area contributed by atoms with Gasteiger partial charge in [0.25, 0.3) is 0 Å². The van der Waals surface area contributed by atoms with Crippen molar-refractivity contribution in [2.75, 3.05) is 6.61 Å². The van der Waals surface area contributed by atoms with Crippen LogP contribution in [-0.4, -0.2) is 17.6 Å². The molecule has 0 unspecified atom stereocenters. The van der Waals surface area contributed by atoms with Crippen molar-refractivity contribution < 1.29 is 4.74 Å². The Morgan fingerprint density at radius 1 is 1.37 bits per heavy atom. The van der Waals surface area contributed by atoms with Gasteiger partial charge >= 0.3 is 0 Å². The lowest BCUT2D eigenvalue weighted by molar-refractivity contribution is 0.357. The summed E-state index contributed by atoms with van der Waals surface area (Å²) < 4.78 is 5.54. The van der Waals surface area contributed by atoms with E-state index in [9.17, 15) is 0 Å². The number of thiazole rings is 1. The highest BCUT2D eigenvalue weighted by molar-refractivity contribution is 7.15. The van der Waals surface area contributed by atoms with E-state index in [-0.39, 0.29) is 0 Å². The Labute approximate surface area is 116 Å². The summed E-state index contributed by atoms with van der Waals surface area (Å²) in [7, 11) is 0. The Balaban J connectivity index is 1.54. The van der Waals surface area contributed by atoms with Crippen molar-refractivity contribution in [3.05, 3.63) is 34.8 Å². The number of benzene rings is 1. The molecular formula is C15H16N2OS. The van der Waals surface area contributed by atoms with Crippen molar-refractivity contribution in [1.82, 2.24) is 10.3 Å². The van der Waals surface area contributed by atoms with Gasteiger partial charge in [-0.25, -0.2) is 4.98 Å². The minimum atomic E-state index is 0.752. The highest BCUT2D eigenvalue weighted by atomic mass is 32.1. The second kappa shape index (κ2) is 4.62. The maximum atomic E-state index is 5.54. The van der Waals surface area contributed by atoms with E-state index in [1.807, 2.05) is 6.20 Å². The van der Waals surface area contributed by atoms with E-state index in [4.69, 9.17) is 4.74 Å². The van der Waals surface area contributed by atoms with Crippen LogP contribution in [0.15, 0.2) is 24.4 Å². The zero-order valence-corrected chi connectivity index (χ0v) is 11.5. The van der Waals surface area contributed by atoms with E-state index in [0.29, 0.717) is 0 Å². The number of nitrogens with zero attached hydrogens (tertiary/aromatic N) is 1. The number of ether oxygens (including phenoxy) is 1. The van der Waals surface area contributed by atoms with Gasteiger partial charge < -0.3 is 10.1 Å². The molecule has 0 amide bonds. The van der Waals surface area contributed by atoms with E-state index < -0.39 is 0 Å². The van der Waals surface area contributed by atoms with Crippen LogP contribution in [0.2, 0.25) is 0 Å². The molecule has 1 fully saturated rings. The Bertz CT molecular complexity index is 604. The fourth-order valence-corrected chi connectivity index (χ4v) is 3.23. The van der Waals surface area contributed by atoms with Gasteiger partial charge in [-0.2, -0.15) is 0 Å². The van der Waals surface area contributed by atoms with Gasteiger partial charge in [0.15, 0.2) is 0 Å². The van der Waals surface area contributed by atoms with Crippen LogP contribution in [0.4, 0.5) is 0 Å². The molecule has 19 heavy (non-hydrogen) atoms. The Kier molecular flexibility index (Phi) is 2.78. The summed E-state index contributed by atoms with van der Waals surface area (Å²) in [6.45, 7) is 1.77. The van der Waals surface area contributed by atoms with Crippen LogP contribution in [-0.2, 0) is 13.0 Å². The third kappa shape index (κ3) is 2.38. The molecule has 1 aromatic carbocycles. The first-order valence-electron chi connectivity index (χ1n) is 6.83. The standard InChI is InChI=1S/C15H16N2OS/c1-4-14-10(5-6-18-14)7-11(1)15-17-9-13(19-15)8-16-12-2-3-12/h1,4,7,9,12,16H,2-3,5-6,8H2. The predicted octanol–water partition coefficient (Wildman–Crippen LogP) is 3.00. The highest BCUT2D eigenvalue weighted by Crippen LogP contribution is 2.32. The minimum Gasteiger partial charge on any atom is -0.493 e. The average molecular weight is 272 g/mol. The van der Waals surface area contributed by atoms with Crippen LogP contribution in [0.5, 0.6) is 5.75 Å². The SMILES string of the molecule is c1cc2c(cc1-c1ncc(CNC3CC3)s1)CCO2. The van der Waals surface area contributed by atoms with Crippen LogP contribution >= 0.6 is 11.3 Å². The van der Waals surface area contributed by atoms with E-state index in [2.05, 4.69) is 28.5 Å². The summed E-state index contributed by atoms with van der Waals surface area (Å²) in [5.41, 5.74) is 2.53. The third-order valence-electron chi connectivity index (χ3n) is 3.63. The first kappa shape index (κ1) is 11.4. The second-order valence-electron chi connectivity index (χ2n) is 5.21. The summed E-state index contributed by atoms with van der Waals surface area (Å²) in [5, 5.41) is 4.64. The normalized spacial score (nSPS) is 17.3. The van der Waals surface area contributed by atoms with E-state index in [1.54, 1.807) is 11.3 Å². The molecule has 1 saturated carbocycles. The molecule has 0 spiro atoms. The largest absolute Gasteiger partial charge is 0.493 e. The van der Waals surface area contributed by atoms with E-state index >= 15 is 0 Å². The van der Waals surface area contributed by atoms with Crippen molar-refractivity contribution in [2.24, 2.45) is 0 Å². The molecule has 1 aliphatic carbocycles. The van der Waals surface area contributed by atoms with Gasteiger partial charge in [0.05, 0.1) is 6.61 Å². The zero-order chi connectivity index (χ0) is 12.7. The highest BCUT2D eigenvalue weighted by Gasteiger charge is 2.20. The van der Waals surface area contributed by atoms with Crippen LogP contribution < -0.4 is 10.1 Å². The molecule has 0 radical (unpaired) electrons. The predicted molar refractivity (Wildman–Crippen MR) is 76.6 cm³/mol. The first-order chi connectivity index (χ1) is 9.38. The van der Waals surface area contributed by atoms with Crippen molar-refractivity contribution in [3.63, 3.8) is 0 Å². The molecule has 0 saturated heterocycles. The van der Waals surface area contributed by atoms with Crippen LogP contribution in [0.25, 0.3) is 10.6 Å². The van der Waals surface area contributed by atoms with Gasteiger partial charge in [-0.15, -0.1) is 11.3 Å². The summed E-state index contributed by atoms with van der Waals surface area (Å²) in [4.78, 5) is 5.87. The number of hydrogen-bond donors (Lipinski definition) is 1. The molecule has 0 atom stereocenters. The molecule has 2 aliphatic rings. The first-order valence-corrected chi connectivity index (χ1v) is 7.64. The summed E-state index contributed by atoms with van der Waals surface area (Å²) in [6, 6.07) is 7.16. The number of hydrogen-bond acceptors (Lipinski definition) is 4. The number of nitrogens with one attached hydrogen (secondary N) is 1. The van der Waals surface area contributed by atoms with Gasteiger partial charge in [0.1, 0.15) is 10.8 Å². The summed E-state index contributed by atoms with van der Waals surface area (Å²) >= 11 is 1.79. The molecule has 4 rings (SSSR count). The molecule has 98 valence electrons. The van der Waals surface area contributed by atoms with Crippen molar-refractivity contribution >= 4 is 11.3 Å². The van der Waals surface area contributed by atoms with Crippen molar-refractivity contribution in [1.29, 1.82) is 0 Å². The Hall–Kier alpha value is -1.39. The van der Waals surface area contributed by atoms with Crippen LogP contribution in [0.1, 0.15) is 23.3 Å². The van der Waals surface area contributed by atoms with Gasteiger partial charge in [0.2, 0.25) is 0 Å². The van der Waals surface area contributed by atoms with Gasteiger partial charge in [-0.05, 0) is 36.6 Å². The van der Waals surface area contributed by atoms with Gasteiger partial charge in [0, 0.05) is 35.6 Å². The lowest BCUT2D eigenvalue weighted by Gasteiger charge is -2.01. The maximum Gasteiger partial charge on any atom is 0.123 e. The molecule has 1 N–H and O–H groups in total. The Morgan fingerprint density at radius 3 is 3.21 bits per heavy atom. The third-order valence-corrected chi connectivity index (χ3v) is 4.68. The number of fused-ring (bicyclic) bond motifs is 1. The van der Waals surface area contributed by atoms with E-state index in [0.717, 1.165) is 36.4 Å². The van der Waals surface area contributed by atoms with Gasteiger partial charge in [-0.3, -0.25) is 0 Å². The zero-order valence-electron chi connectivity index (χ0n) is 10.7. The quantitative estimate of drug-likeness (QED) is 0.929. The molecule has 2 heterocycles. The molecule has 1 aliphatic heterocycles. The molecule has 3 nitrogen and oxygen atoms in total. The fourth-order valence-electron chi connectivity index (χ4n) is 2.37. The lowest BCUT2D eigenvalue weighted by Crippen LogP contribution is -2.14. The molecular weight excluding hydrogens is 256 g/mol. The molecule has 0 bridgehead atoms. The maximum absolute atomic E-state index is 5.54. The molecule has 1 aromatic heterocycles. The Morgan fingerprint density at radius 2 is 2.32 bits per heavy atom. The summed E-state index contributed by atoms with van der Waals surface area (Å²) in [6.07, 6.45) is 5.68. The van der Waals surface area contributed by atoms with E-state index in [1.165, 1.54) is 28.8 Å². The van der Waals surface area contributed by atoms with Crippen LogP contribution in [0.3, 0.4) is 0 Å². The van der Waals surface area contributed by atoms with Gasteiger partial charge in [-0.1, -0.05) is 0 Å². The number of rotatable bonds is 4. The average Bonchev–Trinajstić information content (AvgIpc) is 2.96. The minimum absolute atomic E-state index is 0.752. The monoisotopic (exact) mass is 272 g/mol. The lowest BCUT2D eigenvalue weighted by atomic mass is 10.1. The summed E-state index contributed by atoms with van der Waals surface area (Å²) in [5.74, 6) is 1.04.